The van der Waals surface area contributed by atoms with Crippen molar-refractivity contribution in [1.29, 1.82) is 0 Å². The minimum Gasteiger partial charge on any atom is -0.370 e. The van der Waals surface area contributed by atoms with Gasteiger partial charge in [-0.05, 0) is 42.5 Å². The summed E-state index contributed by atoms with van der Waals surface area (Å²) < 4.78 is 27.0. The lowest BCUT2D eigenvalue weighted by Gasteiger charge is -2.08. The average molecular weight is 325 g/mol. The molecule has 2 rings (SSSR count). The average Bonchev–Trinajstić information content (AvgIpc) is 2.89. The lowest BCUT2D eigenvalue weighted by Crippen LogP contribution is -2.23. The van der Waals surface area contributed by atoms with Crippen LogP contribution in [0.25, 0.3) is 0 Å². The predicted octanol–water partition coefficient (Wildman–Crippen LogP) is 2.75. The van der Waals surface area contributed by atoms with Gasteiger partial charge in [-0.25, -0.2) is 18.1 Å². The zero-order valence-corrected chi connectivity index (χ0v) is 13.7. The Morgan fingerprint density at radius 3 is 2.67 bits per heavy atom. The molecule has 0 radical (unpaired) electrons. The van der Waals surface area contributed by atoms with Crippen molar-refractivity contribution in [2.45, 2.75) is 31.7 Å². The first-order valence-electron chi connectivity index (χ1n) is 6.75. The monoisotopic (exact) mass is 325 g/mol. The maximum Gasteiger partial charge on any atom is 0.242 e. The maximum atomic E-state index is 12.2. The number of aromatic nitrogens is 1. The van der Waals surface area contributed by atoms with Gasteiger partial charge in [0.05, 0.1) is 0 Å². The van der Waals surface area contributed by atoms with E-state index in [0.29, 0.717) is 12.4 Å². The molecule has 0 saturated carbocycles. The van der Waals surface area contributed by atoms with Gasteiger partial charge >= 0.3 is 0 Å². The van der Waals surface area contributed by atoms with Crippen LogP contribution in [0.3, 0.4) is 0 Å². The molecule has 0 amide bonds. The summed E-state index contributed by atoms with van der Waals surface area (Å²) in [7, 11) is -3.52. The van der Waals surface area contributed by atoms with E-state index < -0.39 is 10.0 Å². The van der Waals surface area contributed by atoms with Gasteiger partial charge in [0.2, 0.25) is 10.0 Å². The van der Waals surface area contributed by atoms with E-state index in [1.807, 2.05) is 18.4 Å². The fourth-order valence-electron chi connectivity index (χ4n) is 1.73. The van der Waals surface area contributed by atoms with Crippen molar-refractivity contribution in [2.24, 2.45) is 0 Å². The van der Waals surface area contributed by atoms with Crippen molar-refractivity contribution in [3.8, 4) is 0 Å². The third-order valence-electron chi connectivity index (χ3n) is 2.99. The van der Waals surface area contributed by atoms with Gasteiger partial charge in [-0.2, -0.15) is 0 Å². The van der Waals surface area contributed by atoms with Crippen molar-refractivity contribution in [3.63, 3.8) is 0 Å². The maximum absolute atomic E-state index is 12.2. The molecule has 2 aromatic rings. The number of rotatable bonds is 7. The summed E-state index contributed by atoms with van der Waals surface area (Å²) in [6.07, 6.45) is 2.37. The molecule has 0 spiro atoms. The van der Waals surface area contributed by atoms with E-state index in [1.54, 1.807) is 23.5 Å². The molecule has 2 N–H and O–H groups in total. The molecule has 0 aromatic carbocycles. The zero-order chi connectivity index (χ0) is 15.3. The molecule has 0 fully saturated rings. The molecule has 7 heteroatoms. The largest absolute Gasteiger partial charge is 0.370 e. The molecular weight excluding hydrogens is 306 g/mol. The van der Waals surface area contributed by atoms with Gasteiger partial charge in [0.15, 0.2) is 0 Å². The molecule has 2 heterocycles. The number of aryl methyl sites for hydroxylation is 1. The first-order chi connectivity index (χ1) is 10.0. The molecule has 0 atom stereocenters. The van der Waals surface area contributed by atoms with Crippen molar-refractivity contribution < 1.29 is 8.42 Å². The van der Waals surface area contributed by atoms with Crippen LogP contribution >= 0.6 is 11.3 Å². The molecule has 2 aromatic heterocycles. The number of hydrogen-bond donors (Lipinski definition) is 2. The van der Waals surface area contributed by atoms with Gasteiger partial charge in [-0.15, -0.1) is 11.3 Å². The molecule has 0 unspecified atom stereocenters. The first kappa shape index (κ1) is 15.9. The Kier molecular flexibility index (Phi) is 5.33. The molecule has 0 bridgehead atoms. The van der Waals surface area contributed by atoms with Gasteiger partial charge in [0.25, 0.3) is 0 Å². The standard InChI is InChI=1S/C14H19N3O2S2/c1-3-7-15-14-5-4-12(9-16-14)21(18,19)17-10-13-11(2)6-8-20-13/h4-6,8-9,17H,3,7,10H2,1-2H3,(H,15,16). The van der Waals surface area contributed by atoms with Crippen LogP contribution in [0.2, 0.25) is 0 Å². The summed E-state index contributed by atoms with van der Waals surface area (Å²) >= 11 is 1.54. The number of anilines is 1. The highest BCUT2D eigenvalue weighted by molar-refractivity contribution is 7.89. The summed E-state index contributed by atoms with van der Waals surface area (Å²) in [4.78, 5) is 5.32. The first-order valence-corrected chi connectivity index (χ1v) is 9.12. The van der Waals surface area contributed by atoms with Crippen LogP contribution < -0.4 is 10.0 Å². The Morgan fingerprint density at radius 1 is 1.29 bits per heavy atom. The van der Waals surface area contributed by atoms with Crippen LogP contribution in [0, 0.1) is 6.92 Å². The topological polar surface area (TPSA) is 71.1 Å². The second-order valence-electron chi connectivity index (χ2n) is 4.66. The van der Waals surface area contributed by atoms with Crippen molar-refractivity contribution >= 4 is 27.2 Å². The van der Waals surface area contributed by atoms with Gasteiger partial charge < -0.3 is 5.32 Å². The summed E-state index contributed by atoms with van der Waals surface area (Å²) in [5, 5.41) is 5.06. The molecule has 114 valence electrons. The number of hydrogen-bond acceptors (Lipinski definition) is 5. The van der Waals surface area contributed by atoms with Gasteiger partial charge in [-0.1, -0.05) is 6.92 Å². The molecular formula is C14H19N3O2S2. The van der Waals surface area contributed by atoms with Gasteiger partial charge in [-0.3, -0.25) is 0 Å². The van der Waals surface area contributed by atoms with Gasteiger partial charge in [0.1, 0.15) is 10.7 Å². The van der Waals surface area contributed by atoms with Crippen LogP contribution in [0.5, 0.6) is 0 Å². The highest BCUT2D eigenvalue weighted by Gasteiger charge is 2.15. The molecule has 21 heavy (non-hydrogen) atoms. The Morgan fingerprint density at radius 2 is 2.10 bits per heavy atom. The van der Waals surface area contributed by atoms with Crippen LogP contribution in [-0.4, -0.2) is 19.9 Å². The summed E-state index contributed by atoms with van der Waals surface area (Å²) in [6, 6.07) is 5.22. The normalized spacial score (nSPS) is 11.5. The molecule has 5 nitrogen and oxygen atoms in total. The second-order valence-corrected chi connectivity index (χ2v) is 7.42. The lowest BCUT2D eigenvalue weighted by molar-refractivity contribution is 0.581. The minimum absolute atomic E-state index is 0.179. The molecule has 0 aliphatic carbocycles. The van der Waals surface area contributed by atoms with E-state index in [4.69, 9.17) is 0 Å². The van der Waals surface area contributed by atoms with E-state index >= 15 is 0 Å². The number of sulfonamides is 1. The third-order valence-corrected chi connectivity index (χ3v) is 5.40. The SMILES string of the molecule is CCCNc1ccc(S(=O)(=O)NCc2sccc2C)cn1. The van der Waals surface area contributed by atoms with Crippen molar-refractivity contribution in [1.82, 2.24) is 9.71 Å². The van der Waals surface area contributed by atoms with Crippen molar-refractivity contribution in [3.05, 3.63) is 40.2 Å². The fourth-order valence-corrected chi connectivity index (χ4v) is 3.60. The number of thiophene rings is 1. The number of nitrogens with zero attached hydrogens (tertiary/aromatic N) is 1. The molecule has 0 aliphatic rings. The Bertz CT molecular complexity index is 678. The Hall–Kier alpha value is -1.44. The van der Waals surface area contributed by atoms with E-state index in [0.717, 1.165) is 23.4 Å². The van der Waals surface area contributed by atoms with Crippen LogP contribution in [0.15, 0.2) is 34.7 Å². The summed E-state index contributed by atoms with van der Waals surface area (Å²) in [5.74, 6) is 0.685. The van der Waals surface area contributed by atoms with Gasteiger partial charge in [0, 0.05) is 24.2 Å². The van der Waals surface area contributed by atoms with Crippen LogP contribution in [0.4, 0.5) is 5.82 Å². The highest BCUT2D eigenvalue weighted by Crippen LogP contribution is 2.17. The van der Waals surface area contributed by atoms with E-state index in [2.05, 4.69) is 21.9 Å². The Balaban J connectivity index is 2.03. The van der Waals surface area contributed by atoms with E-state index in [9.17, 15) is 8.42 Å². The Labute approximate surface area is 129 Å². The number of pyridine rings is 1. The number of nitrogens with one attached hydrogen (secondary N) is 2. The second kappa shape index (κ2) is 7.02. The van der Waals surface area contributed by atoms with E-state index in [-0.39, 0.29) is 4.90 Å². The molecule has 0 saturated heterocycles. The summed E-state index contributed by atoms with van der Waals surface area (Å²) in [5.41, 5.74) is 1.10. The van der Waals surface area contributed by atoms with Crippen LogP contribution in [0.1, 0.15) is 23.8 Å². The smallest absolute Gasteiger partial charge is 0.242 e. The van der Waals surface area contributed by atoms with E-state index in [1.165, 1.54) is 6.20 Å². The predicted molar refractivity (Wildman–Crippen MR) is 86.1 cm³/mol. The van der Waals surface area contributed by atoms with Crippen molar-refractivity contribution in [2.75, 3.05) is 11.9 Å². The zero-order valence-electron chi connectivity index (χ0n) is 12.1. The fraction of sp³-hybridized carbons (Fsp3) is 0.357. The molecule has 0 aliphatic heterocycles. The highest BCUT2D eigenvalue weighted by atomic mass is 32.2. The summed E-state index contributed by atoms with van der Waals surface area (Å²) in [6.45, 7) is 5.15. The lowest BCUT2D eigenvalue weighted by atomic mass is 10.3. The quantitative estimate of drug-likeness (QED) is 0.821. The van der Waals surface area contributed by atoms with Crippen LogP contribution in [-0.2, 0) is 16.6 Å². The third kappa shape index (κ3) is 4.26. The minimum atomic E-state index is -3.52.